The van der Waals surface area contributed by atoms with Crippen molar-refractivity contribution in [2.75, 3.05) is 0 Å². The lowest BCUT2D eigenvalue weighted by Gasteiger charge is -2.02. The second-order valence-electron chi connectivity index (χ2n) is 2.92. The summed E-state index contributed by atoms with van der Waals surface area (Å²) >= 11 is 8.34. The van der Waals surface area contributed by atoms with E-state index in [1.165, 1.54) is 9.12 Å². The molecule has 0 saturated carbocycles. The fourth-order valence-electron chi connectivity index (χ4n) is 1.36. The summed E-state index contributed by atoms with van der Waals surface area (Å²) < 4.78 is 1.92. The lowest BCUT2D eigenvalue weighted by atomic mass is 10.2. The van der Waals surface area contributed by atoms with Gasteiger partial charge in [-0.2, -0.15) is 0 Å². The summed E-state index contributed by atoms with van der Waals surface area (Å²) in [6.07, 6.45) is 4.71. The van der Waals surface area contributed by atoms with Crippen LogP contribution in [0.4, 0.5) is 0 Å². The summed E-state index contributed by atoms with van der Waals surface area (Å²) in [5.74, 6) is 0. The Kier molecular flexibility index (Phi) is 3.53. The molecular formula is C9H6ClIN2OS. The van der Waals surface area contributed by atoms with Crippen LogP contribution in [0.15, 0.2) is 18.5 Å². The third kappa shape index (κ3) is 2.00. The number of aromatic nitrogens is 2. The van der Waals surface area contributed by atoms with Crippen LogP contribution in [0.25, 0.3) is 11.0 Å². The number of carbonyl (C=O) groups is 1. The maximum atomic E-state index is 10.4. The number of nitrogens with zero attached hydrogens (tertiary/aromatic N) is 2. The Labute approximate surface area is 108 Å². The van der Waals surface area contributed by atoms with Crippen LogP contribution in [0.3, 0.4) is 0 Å². The van der Waals surface area contributed by atoms with Gasteiger partial charge in [0.15, 0.2) is 5.65 Å². The second kappa shape index (κ2) is 4.71. The van der Waals surface area contributed by atoms with Crippen molar-refractivity contribution in [3.05, 3.63) is 29.0 Å². The summed E-state index contributed by atoms with van der Waals surface area (Å²) in [6.45, 7) is 0. The topological polar surface area (TPSA) is 34.9 Å². The average Bonchev–Trinajstić information content (AvgIpc) is 2.66. The highest BCUT2D eigenvalue weighted by atomic mass is 127. The van der Waals surface area contributed by atoms with E-state index >= 15 is 0 Å². The Morgan fingerprint density at radius 2 is 2.47 bits per heavy atom. The van der Waals surface area contributed by atoms with Gasteiger partial charge >= 0.3 is 0 Å². The molecule has 0 amide bonds. The van der Waals surface area contributed by atoms with Gasteiger partial charge in [-0.15, -0.1) is 0 Å². The molecule has 0 spiro atoms. The van der Waals surface area contributed by atoms with Crippen LogP contribution in [0.2, 0.25) is 5.02 Å². The Balaban J connectivity index is 2.64. The van der Waals surface area contributed by atoms with E-state index in [1.807, 2.05) is 16.2 Å². The van der Waals surface area contributed by atoms with Gasteiger partial charge in [0.2, 0.25) is 0 Å². The minimum absolute atomic E-state index is 0.310. The van der Waals surface area contributed by atoms with Crippen LogP contribution >= 0.6 is 41.9 Å². The Morgan fingerprint density at radius 1 is 1.67 bits per heavy atom. The van der Waals surface area contributed by atoms with Crippen molar-refractivity contribution in [2.45, 2.75) is 6.42 Å². The second-order valence-corrected chi connectivity index (χ2v) is 5.01. The summed E-state index contributed by atoms with van der Waals surface area (Å²) in [7, 11) is 1.53. The van der Waals surface area contributed by atoms with Crippen LogP contribution in [-0.4, -0.2) is 15.2 Å². The van der Waals surface area contributed by atoms with Crippen LogP contribution in [0.1, 0.15) is 5.56 Å². The smallest absolute Gasteiger partial charge is 0.152 e. The monoisotopic (exact) mass is 352 g/mol. The van der Waals surface area contributed by atoms with Crippen LogP contribution in [-0.2, 0) is 11.2 Å². The summed E-state index contributed by atoms with van der Waals surface area (Å²) in [5, 5.41) is 1.51. The van der Waals surface area contributed by atoms with Gasteiger partial charge in [0.25, 0.3) is 0 Å². The van der Waals surface area contributed by atoms with Crippen molar-refractivity contribution in [1.29, 1.82) is 0 Å². The molecule has 0 unspecified atom stereocenters. The van der Waals surface area contributed by atoms with Gasteiger partial charge in [-0.25, -0.2) is 4.98 Å². The SMILES string of the molecule is O=CCc1cnc2c(ccn2SI)c1Cl. The normalized spacial score (nSPS) is 10.8. The molecule has 2 heterocycles. The van der Waals surface area contributed by atoms with Crippen molar-refractivity contribution < 1.29 is 4.79 Å². The number of halogens is 2. The molecule has 0 bridgehead atoms. The molecule has 0 aliphatic rings. The van der Waals surface area contributed by atoms with E-state index in [0.29, 0.717) is 11.4 Å². The maximum absolute atomic E-state index is 10.4. The van der Waals surface area contributed by atoms with Crippen molar-refractivity contribution in [3.63, 3.8) is 0 Å². The molecule has 0 aliphatic heterocycles. The molecule has 6 heteroatoms. The fraction of sp³-hybridized carbons (Fsp3) is 0.111. The molecule has 0 saturated heterocycles. The lowest BCUT2D eigenvalue weighted by Crippen LogP contribution is -1.91. The molecule has 0 aromatic carbocycles. The number of hydrogen-bond donors (Lipinski definition) is 0. The number of fused-ring (bicyclic) bond motifs is 1. The number of pyridine rings is 1. The lowest BCUT2D eigenvalue weighted by molar-refractivity contribution is -0.107. The molecule has 3 nitrogen and oxygen atoms in total. The van der Waals surface area contributed by atoms with E-state index in [1.54, 1.807) is 6.20 Å². The van der Waals surface area contributed by atoms with E-state index < -0.39 is 0 Å². The first kappa shape index (κ1) is 11.2. The standard InChI is InChI=1S/C9H6ClIN2OS/c10-8-6(2-4-14)5-12-9-7(8)1-3-13(9)15-11/h1,3-5H,2H2. The number of carbonyl (C=O) groups excluding carboxylic acids is 1. The van der Waals surface area contributed by atoms with Gasteiger partial charge in [0, 0.05) is 54.5 Å². The molecule has 2 aromatic rings. The predicted octanol–water partition coefficient (Wildman–Crippen LogP) is 3.28. The van der Waals surface area contributed by atoms with E-state index in [9.17, 15) is 4.79 Å². The summed E-state index contributed by atoms with van der Waals surface area (Å²) in [4.78, 5) is 14.7. The van der Waals surface area contributed by atoms with Gasteiger partial charge < -0.3 is 4.79 Å². The maximum Gasteiger partial charge on any atom is 0.152 e. The molecule has 0 N–H and O–H groups in total. The van der Waals surface area contributed by atoms with Crippen LogP contribution < -0.4 is 0 Å². The fourth-order valence-corrected chi connectivity index (χ4v) is 2.91. The summed E-state index contributed by atoms with van der Waals surface area (Å²) in [5.41, 5.74) is 1.60. The molecule has 2 rings (SSSR count). The van der Waals surface area contributed by atoms with Crippen molar-refractivity contribution in [1.82, 2.24) is 8.96 Å². The van der Waals surface area contributed by atoms with Gasteiger partial charge in [0.1, 0.15) is 6.29 Å². The van der Waals surface area contributed by atoms with E-state index in [0.717, 1.165) is 22.9 Å². The Bertz CT molecular complexity index is 514. The summed E-state index contributed by atoms with van der Waals surface area (Å²) in [6, 6.07) is 1.91. The third-order valence-corrected chi connectivity index (χ3v) is 4.23. The predicted molar refractivity (Wildman–Crippen MR) is 71.5 cm³/mol. The van der Waals surface area contributed by atoms with Gasteiger partial charge in [-0.3, -0.25) is 3.97 Å². The highest BCUT2D eigenvalue weighted by Crippen LogP contribution is 2.30. The zero-order valence-electron chi connectivity index (χ0n) is 7.48. The van der Waals surface area contributed by atoms with E-state index in [4.69, 9.17) is 11.6 Å². The zero-order chi connectivity index (χ0) is 10.8. The first-order valence-electron chi connectivity index (χ1n) is 4.15. The molecule has 0 aliphatic carbocycles. The van der Waals surface area contributed by atoms with E-state index in [2.05, 4.69) is 26.2 Å². The highest BCUT2D eigenvalue weighted by molar-refractivity contribution is 14.2. The largest absolute Gasteiger partial charge is 0.303 e. The molecular weight excluding hydrogens is 347 g/mol. The van der Waals surface area contributed by atoms with E-state index in [-0.39, 0.29) is 0 Å². The molecule has 2 aromatic heterocycles. The molecule has 0 radical (unpaired) electrons. The molecule has 78 valence electrons. The zero-order valence-corrected chi connectivity index (χ0v) is 11.2. The van der Waals surface area contributed by atoms with Crippen molar-refractivity contribution >= 4 is 59.2 Å². The first-order valence-corrected chi connectivity index (χ1v) is 7.84. The van der Waals surface area contributed by atoms with Gasteiger partial charge in [-0.05, 0) is 11.6 Å². The number of rotatable bonds is 3. The van der Waals surface area contributed by atoms with Gasteiger partial charge in [0.05, 0.1) is 5.02 Å². The average molecular weight is 353 g/mol. The molecule has 15 heavy (non-hydrogen) atoms. The third-order valence-electron chi connectivity index (χ3n) is 2.06. The van der Waals surface area contributed by atoms with Gasteiger partial charge in [-0.1, -0.05) is 11.6 Å². The Hall–Kier alpha value is -0.270. The van der Waals surface area contributed by atoms with Crippen molar-refractivity contribution in [3.8, 4) is 0 Å². The quantitative estimate of drug-likeness (QED) is 0.628. The van der Waals surface area contributed by atoms with Crippen LogP contribution in [0.5, 0.6) is 0 Å². The van der Waals surface area contributed by atoms with Crippen LogP contribution in [0, 0.1) is 0 Å². The molecule has 0 atom stereocenters. The van der Waals surface area contributed by atoms with Crippen molar-refractivity contribution in [2.24, 2.45) is 0 Å². The Morgan fingerprint density at radius 3 is 3.13 bits per heavy atom. The number of hydrogen-bond acceptors (Lipinski definition) is 3. The molecule has 0 fully saturated rings. The minimum atomic E-state index is 0.310. The first-order chi connectivity index (χ1) is 7.27. The highest BCUT2D eigenvalue weighted by Gasteiger charge is 2.09. The minimum Gasteiger partial charge on any atom is -0.303 e. The number of aldehydes is 1.